The van der Waals surface area contributed by atoms with Crippen LogP contribution < -0.4 is 15.3 Å². The molecule has 156 valence electrons. The van der Waals surface area contributed by atoms with Crippen LogP contribution in [0.2, 0.25) is 0 Å². The van der Waals surface area contributed by atoms with Crippen molar-refractivity contribution >= 4 is 50.1 Å². The zero-order chi connectivity index (χ0) is 21.2. The molecule has 1 aliphatic rings. The van der Waals surface area contributed by atoms with Gasteiger partial charge in [-0.1, -0.05) is 0 Å². The molecule has 1 aliphatic heterocycles. The molecule has 0 saturated carbocycles. The van der Waals surface area contributed by atoms with E-state index in [1.165, 1.54) is 0 Å². The van der Waals surface area contributed by atoms with Gasteiger partial charge in [-0.15, -0.1) is 0 Å². The number of aliphatic carboxylic acids is 3. The van der Waals surface area contributed by atoms with Gasteiger partial charge in [0.1, 0.15) is 6.10 Å². The minimum absolute atomic E-state index is 0. The van der Waals surface area contributed by atoms with Crippen molar-refractivity contribution in [2.75, 3.05) is 7.05 Å². The van der Waals surface area contributed by atoms with Crippen molar-refractivity contribution in [1.29, 1.82) is 0 Å². The van der Waals surface area contributed by atoms with Gasteiger partial charge in [0.15, 0.2) is 0 Å². The number of hydrogen-bond donors (Lipinski definition) is 0. The van der Waals surface area contributed by atoms with Gasteiger partial charge >= 0.3 is 32.2 Å². The first kappa shape index (κ1) is 26.7. The molecule has 0 bridgehead atoms. The van der Waals surface area contributed by atoms with E-state index in [-0.39, 0.29) is 37.3 Å². The minimum atomic E-state index is -1.95. The van der Waals surface area contributed by atoms with Gasteiger partial charge < -0.3 is 34.4 Å². The molecule has 1 rings (SSSR count). The van der Waals surface area contributed by atoms with Gasteiger partial charge in [0.25, 0.3) is 0 Å². The molecular formula is C18H26BiNO8. The fraction of sp³-hybridized carbons (Fsp3) is 0.778. The first-order chi connectivity index (χ1) is 12.2. The summed E-state index contributed by atoms with van der Waals surface area (Å²) in [4.78, 5) is 47.5. The Morgan fingerprint density at radius 3 is 1.68 bits per heavy atom. The summed E-state index contributed by atoms with van der Waals surface area (Å²) in [6, 6.07) is 0. The molecule has 10 heteroatoms. The van der Waals surface area contributed by atoms with Crippen LogP contribution in [0.1, 0.15) is 53.4 Å². The molecule has 2 radical (unpaired) electrons. The molecule has 0 N–H and O–H groups in total. The van der Waals surface area contributed by atoms with Crippen LogP contribution in [0.15, 0.2) is 0 Å². The molecule has 1 fully saturated rings. The normalized spacial score (nSPS) is 21.0. The molecule has 0 aromatic rings. The molecule has 0 amide bonds. The summed E-state index contributed by atoms with van der Waals surface area (Å²) >= 11 is 0. The number of ether oxygens (including phenoxy) is 1. The SMILES string of the molecule is CN1C(C)(C)CC(OC(=O)CC(C(=O)[O-])C(CC(=O)[O-])C(=O)[O-])CC1(C)C.[Bi+3]. The van der Waals surface area contributed by atoms with Crippen molar-refractivity contribution in [3.63, 3.8) is 0 Å². The third kappa shape index (κ3) is 6.96. The van der Waals surface area contributed by atoms with Gasteiger partial charge in [-0.05, 0) is 41.2 Å². The number of nitrogens with zero attached hydrogens (tertiary/aromatic N) is 1. The maximum atomic E-state index is 12.2. The Morgan fingerprint density at radius 1 is 0.929 bits per heavy atom. The van der Waals surface area contributed by atoms with Crippen molar-refractivity contribution in [3.8, 4) is 0 Å². The third-order valence-corrected chi connectivity index (χ3v) is 5.43. The average molecular weight is 593 g/mol. The van der Waals surface area contributed by atoms with Crippen LogP contribution in [0.25, 0.3) is 0 Å². The van der Waals surface area contributed by atoms with Crippen LogP contribution in [-0.2, 0) is 23.9 Å². The monoisotopic (exact) mass is 593 g/mol. The smallest absolute Gasteiger partial charge is 0.550 e. The number of carbonyl (C=O) groups excluding carboxylic acids is 4. The topological polar surface area (TPSA) is 150 Å². The van der Waals surface area contributed by atoms with Crippen LogP contribution in [0.4, 0.5) is 0 Å². The van der Waals surface area contributed by atoms with Gasteiger partial charge in [0, 0.05) is 53.7 Å². The number of carbonyl (C=O) groups is 4. The predicted octanol–water partition coefficient (Wildman–Crippen LogP) is -2.94. The van der Waals surface area contributed by atoms with Crippen LogP contribution in [0.3, 0.4) is 0 Å². The second-order valence-electron chi connectivity index (χ2n) is 8.34. The van der Waals surface area contributed by atoms with Gasteiger partial charge in [-0.25, -0.2) is 0 Å². The second kappa shape index (κ2) is 9.96. The fourth-order valence-corrected chi connectivity index (χ4v) is 3.74. The van der Waals surface area contributed by atoms with Crippen LogP contribution in [-0.4, -0.2) is 79.2 Å². The number of piperidine rings is 1. The van der Waals surface area contributed by atoms with Crippen LogP contribution in [0, 0.1) is 11.8 Å². The number of likely N-dealkylation sites (tertiary alicyclic amines) is 1. The number of hydrogen-bond acceptors (Lipinski definition) is 9. The Hall–Kier alpha value is -1.28. The van der Waals surface area contributed by atoms with Crippen molar-refractivity contribution in [1.82, 2.24) is 4.90 Å². The minimum Gasteiger partial charge on any atom is -0.550 e. The van der Waals surface area contributed by atoms with E-state index in [9.17, 15) is 34.5 Å². The molecule has 0 aliphatic carbocycles. The standard InChI is InChI=1S/C18H29NO8.Bi/c1-17(2)8-10(9-18(3,4)19(17)5)27-14(22)7-12(16(25)26)11(15(23)24)6-13(20)21;/h10-12H,6-9H2,1-5H3,(H,20,21)(H,23,24)(H,25,26);/q;+3/p-3. The summed E-state index contributed by atoms with van der Waals surface area (Å²) in [7, 11) is 1.97. The Kier molecular flexibility index (Phi) is 9.51. The summed E-state index contributed by atoms with van der Waals surface area (Å²) in [6.45, 7) is 7.96. The summed E-state index contributed by atoms with van der Waals surface area (Å²) in [5.41, 5.74) is -0.550. The quantitative estimate of drug-likeness (QED) is 0.213. The van der Waals surface area contributed by atoms with E-state index in [0.29, 0.717) is 12.8 Å². The molecular weight excluding hydrogens is 567 g/mol. The number of carboxylic acid groups (broad SMARTS) is 3. The van der Waals surface area contributed by atoms with E-state index in [0.717, 1.165) is 0 Å². The van der Waals surface area contributed by atoms with E-state index >= 15 is 0 Å². The van der Waals surface area contributed by atoms with Crippen molar-refractivity contribution in [3.05, 3.63) is 0 Å². The summed E-state index contributed by atoms with van der Waals surface area (Å²) in [6.07, 6.45) is -1.37. The van der Waals surface area contributed by atoms with E-state index in [2.05, 4.69) is 4.90 Å². The molecule has 1 heterocycles. The summed E-state index contributed by atoms with van der Waals surface area (Å²) < 4.78 is 5.39. The Labute approximate surface area is 183 Å². The maximum Gasteiger partial charge on any atom is 3.00 e. The Morgan fingerprint density at radius 2 is 1.32 bits per heavy atom. The number of esters is 1. The summed E-state index contributed by atoms with van der Waals surface area (Å²) in [5.74, 6) is -10.3. The van der Waals surface area contributed by atoms with Crippen molar-refractivity contribution < 1.29 is 39.2 Å². The van der Waals surface area contributed by atoms with Crippen molar-refractivity contribution in [2.24, 2.45) is 11.8 Å². The van der Waals surface area contributed by atoms with Gasteiger partial charge in [-0.2, -0.15) is 0 Å². The zero-order valence-corrected chi connectivity index (χ0v) is 20.2. The molecule has 0 aromatic carbocycles. The van der Waals surface area contributed by atoms with Crippen LogP contribution in [0.5, 0.6) is 0 Å². The zero-order valence-electron chi connectivity index (χ0n) is 16.7. The van der Waals surface area contributed by atoms with Crippen molar-refractivity contribution in [2.45, 2.75) is 70.6 Å². The number of rotatable bonds is 8. The summed E-state index contributed by atoms with van der Waals surface area (Å²) in [5, 5.41) is 33.1. The fourth-order valence-electron chi connectivity index (χ4n) is 3.74. The largest absolute Gasteiger partial charge is 3.00 e. The molecule has 0 aromatic heterocycles. The van der Waals surface area contributed by atoms with Gasteiger partial charge in [0.2, 0.25) is 0 Å². The maximum absolute atomic E-state index is 12.2. The predicted molar refractivity (Wildman–Crippen MR) is 92.0 cm³/mol. The molecule has 28 heavy (non-hydrogen) atoms. The molecule has 2 unspecified atom stereocenters. The molecule has 1 saturated heterocycles. The molecule has 9 nitrogen and oxygen atoms in total. The van der Waals surface area contributed by atoms with E-state index < -0.39 is 54.7 Å². The van der Waals surface area contributed by atoms with Gasteiger partial charge in [-0.3, -0.25) is 9.69 Å². The van der Waals surface area contributed by atoms with E-state index in [1.54, 1.807) is 0 Å². The Balaban J connectivity index is 0.00000729. The van der Waals surface area contributed by atoms with E-state index in [1.807, 2.05) is 34.7 Å². The second-order valence-corrected chi connectivity index (χ2v) is 8.34. The third-order valence-electron chi connectivity index (χ3n) is 5.43. The molecule has 0 spiro atoms. The average Bonchev–Trinajstić information content (AvgIpc) is 2.46. The van der Waals surface area contributed by atoms with Crippen LogP contribution >= 0.6 is 0 Å². The van der Waals surface area contributed by atoms with Gasteiger partial charge in [0.05, 0.1) is 6.42 Å². The van der Waals surface area contributed by atoms with E-state index in [4.69, 9.17) is 4.74 Å². The number of carboxylic acids is 3. The Bertz CT molecular complexity index is 601. The first-order valence-electron chi connectivity index (χ1n) is 8.72. The first-order valence-corrected chi connectivity index (χ1v) is 8.72. The molecule has 2 atom stereocenters.